The van der Waals surface area contributed by atoms with E-state index in [4.69, 9.17) is 5.11 Å². The highest BCUT2D eigenvalue weighted by atomic mass is 16.4. The van der Waals surface area contributed by atoms with Gasteiger partial charge in [0.2, 0.25) is 0 Å². The number of nitrogens with one attached hydrogen (secondary N) is 1. The van der Waals surface area contributed by atoms with Crippen molar-refractivity contribution in [2.45, 2.75) is 32.6 Å². The largest absolute Gasteiger partial charge is 0.478 e. The molecule has 1 aromatic rings. The summed E-state index contributed by atoms with van der Waals surface area (Å²) in [6, 6.07) is 5.22. The molecule has 1 aliphatic rings. The van der Waals surface area contributed by atoms with Crippen LogP contribution in [-0.2, 0) is 0 Å². The van der Waals surface area contributed by atoms with E-state index in [1.165, 1.54) is 25.7 Å². The third kappa shape index (κ3) is 3.48. The number of carboxylic acid groups (broad SMARTS) is 1. The molecule has 0 radical (unpaired) electrons. The minimum atomic E-state index is -0.867. The van der Waals surface area contributed by atoms with Crippen molar-refractivity contribution in [1.29, 1.82) is 0 Å². The van der Waals surface area contributed by atoms with Crippen molar-refractivity contribution in [3.63, 3.8) is 0 Å². The summed E-state index contributed by atoms with van der Waals surface area (Å²) in [7, 11) is 0. The second-order valence-corrected chi connectivity index (χ2v) is 4.85. The van der Waals surface area contributed by atoms with Crippen molar-refractivity contribution in [1.82, 2.24) is 0 Å². The molecule has 1 fully saturated rings. The number of aryl methyl sites for hydroxylation is 1. The van der Waals surface area contributed by atoms with Crippen LogP contribution >= 0.6 is 0 Å². The van der Waals surface area contributed by atoms with Gasteiger partial charge in [0.05, 0.1) is 5.56 Å². The van der Waals surface area contributed by atoms with Gasteiger partial charge in [0.1, 0.15) is 0 Å². The number of carboxylic acids is 1. The van der Waals surface area contributed by atoms with Crippen molar-refractivity contribution < 1.29 is 9.90 Å². The average molecular weight is 233 g/mol. The predicted octanol–water partition coefficient (Wildman–Crippen LogP) is 3.30. The van der Waals surface area contributed by atoms with E-state index in [9.17, 15) is 4.79 Å². The summed E-state index contributed by atoms with van der Waals surface area (Å²) in [4.78, 5) is 10.8. The maximum atomic E-state index is 10.8. The maximum absolute atomic E-state index is 10.8. The SMILES string of the molecule is Cc1cc(C(=O)O)ccc1NCCCC1CC1. The molecular formula is C14H19NO2. The second-order valence-electron chi connectivity index (χ2n) is 4.85. The van der Waals surface area contributed by atoms with E-state index < -0.39 is 5.97 Å². The maximum Gasteiger partial charge on any atom is 0.335 e. The molecule has 0 bridgehead atoms. The Morgan fingerprint density at radius 1 is 1.47 bits per heavy atom. The van der Waals surface area contributed by atoms with Gasteiger partial charge in [0.25, 0.3) is 0 Å². The normalized spacial score (nSPS) is 14.6. The number of rotatable bonds is 6. The molecule has 0 heterocycles. The van der Waals surface area contributed by atoms with Crippen molar-refractivity contribution in [2.75, 3.05) is 11.9 Å². The topological polar surface area (TPSA) is 49.3 Å². The van der Waals surface area contributed by atoms with Crippen molar-refractivity contribution in [2.24, 2.45) is 5.92 Å². The van der Waals surface area contributed by atoms with Gasteiger partial charge in [0, 0.05) is 12.2 Å². The monoisotopic (exact) mass is 233 g/mol. The molecule has 0 aromatic heterocycles. The van der Waals surface area contributed by atoms with Crippen LogP contribution in [0.1, 0.15) is 41.6 Å². The lowest BCUT2D eigenvalue weighted by Crippen LogP contribution is -2.04. The van der Waals surface area contributed by atoms with Gasteiger partial charge in [-0.2, -0.15) is 0 Å². The first-order chi connectivity index (χ1) is 8.16. The van der Waals surface area contributed by atoms with Crippen molar-refractivity contribution in [3.8, 4) is 0 Å². The molecule has 17 heavy (non-hydrogen) atoms. The van der Waals surface area contributed by atoms with E-state index in [0.29, 0.717) is 5.56 Å². The van der Waals surface area contributed by atoms with Crippen LogP contribution < -0.4 is 5.32 Å². The van der Waals surface area contributed by atoms with Crippen molar-refractivity contribution >= 4 is 11.7 Å². The third-order valence-corrected chi connectivity index (χ3v) is 3.27. The predicted molar refractivity (Wildman–Crippen MR) is 68.6 cm³/mol. The molecular weight excluding hydrogens is 214 g/mol. The lowest BCUT2D eigenvalue weighted by molar-refractivity contribution is 0.0697. The Kier molecular flexibility index (Phi) is 3.67. The zero-order chi connectivity index (χ0) is 12.3. The fraction of sp³-hybridized carbons (Fsp3) is 0.500. The van der Waals surface area contributed by atoms with Crippen LogP contribution in [-0.4, -0.2) is 17.6 Å². The Morgan fingerprint density at radius 3 is 2.82 bits per heavy atom. The molecule has 1 saturated carbocycles. The van der Waals surface area contributed by atoms with Crippen LogP contribution in [0.2, 0.25) is 0 Å². The minimum Gasteiger partial charge on any atom is -0.478 e. The van der Waals surface area contributed by atoms with Gasteiger partial charge in [0.15, 0.2) is 0 Å². The van der Waals surface area contributed by atoms with E-state index in [2.05, 4.69) is 5.32 Å². The summed E-state index contributed by atoms with van der Waals surface area (Å²) in [6.45, 7) is 2.92. The van der Waals surface area contributed by atoms with E-state index in [1.54, 1.807) is 12.1 Å². The molecule has 2 rings (SSSR count). The highest BCUT2D eigenvalue weighted by molar-refractivity contribution is 5.88. The third-order valence-electron chi connectivity index (χ3n) is 3.27. The summed E-state index contributed by atoms with van der Waals surface area (Å²) >= 11 is 0. The number of anilines is 1. The van der Waals surface area contributed by atoms with Crippen LogP contribution in [0.25, 0.3) is 0 Å². The van der Waals surface area contributed by atoms with E-state index >= 15 is 0 Å². The number of carbonyl (C=O) groups is 1. The van der Waals surface area contributed by atoms with Gasteiger partial charge in [-0.3, -0.25) is 0 Å². The number of hydrogen-bond donors (Lipinski definition) is 2. The van der Waals surface area contributed by atoms with Crippen LogP contribution in [0.4, 0.5) is 5.69 Å². The molecule has 0 saturated heterocycles. The first-order valence-corrected chi connectivity index (χ1v) is 6.24. The summed E-state index contributed by atoms with van der Waals surface area (Å²) in [5, 5.41) is 12.2. The van der Waals surface area contributed by atoms with Gasteiger partial charge in [-0.05, 0) is 49.4 Å². The van der Waals surface area contributed by atoms with E-state index in [0.717, 1.165) is 23.7 Å². The summed E-state index contributed by atoms with van der Waals surface area (Å²) in [5.74, 6) is 0.112. The van der Waals surface area contributed by atoms with Gasteiger partial charge in [-0.25, -0.2) is 4.79 Å². The van der Waals surface area contributed by atoms with Gasteiger partial charge in [-0.1, -0.05) is 12.8 Å². The molecule has 0 spiro atoms. The standard InChI is InChI=1S/C14H19NO2/c1-10-9-12(14(16)17)6-7-13(10)15-8-2-3-11-4-5-11/h6-7,9,11,15H,2-5,8H2,1H3,(H,16,17). The van der Waals surface area contributed by atoms with Crippen LogP contribution in [0.5, 0.6) is 0 Å². The molecule has 0 atom stereocenters. The fourth-order valence-electron chi connectivity index (χ4n) is 2.02. The highest BCUT2D eigenvalue weighted by Crippen LogP contribution is 2.33. The number of benzene rings is 1. The van der Waals surface area contributed by atoms with Crippen LogP contribution in [0.15, 0.2) is 18.2 Å². The Bertz CT molecular complexity index is 411. The van der Waals surface area contributed by atoms with Crippen LogP contribution in [0, 0.1) is 12.8 Å². The average Bonchev–Trinajstić information content (AvgIpc) is 3.09. The highest BCUT2D eigenvalue weighted by Gasteiger charge is 2.19. The molecule has 2 N–H and O–H groups in total. The summed E-state index contributed by atoms with van der Waals surface area (Å²) < 4.78 is 0. The minimum absolute atomic E-state index is 0.353. The first kappa shape index (κ1) is 12.0. The van der Waals surface area contributed by atoms with Crippen molar-refractivity contribution in [3.05, 3.63) is 29.3 Å². The molecule has 3 heteroatoms. The molecule has 1 aromatic carbocycles. The molecule has 92 valence electrons. The summed E-state index contributed by atoms with van der Waals surface area (Å²) in [5.41, 5.74) is 2.40. The quantitative estimate of drug-likeness (QED) is 0.741. The smallest absolute Gasteiger partial charge is 0.335 e. The molecule has 0 aliphatic heterocycles. The van der Waals surface area contributed by atoms with Gasteiger partial charge >= 0.3 is 5.97 Å². The van der Waals surface area contributed by atoms with E-state index in [-0.39, 0.29) is 0 Å². The molecule has 3 nitrogen and oxygen atoms in total. The van der Waals surface area contributed by atoms with Gasteiger partial charge < -0.3 is 10.4 Å². The van der Waals surface area contributed by atoms with Gasteiger partial charge in [-0.15, -0.1) is 0 Å². The Labute approximate surface area is 102 Å². The number of hydrogen-bond acceptors (Lipinski definition) is 2. The summed E-state index contributed by atoms with van der Waals surface area (Å²) in [6.07, 6.45) is 5.34. The lowest BCUT2D eigenvalue weighted by atomic mass is 10.1. The lowest BCUT2D eigenvalue weighted by Gasteiger charge is -2.09. The Morgan fingerprint density at radius 2 is 2.24 bits per heavy atom. The molecule has 0 amide bonds. The Balaban J connectivity index is 1.84. The number of aromatic carboxylic acids is 1. The molecule has 1 aliphatic carbocycles. The second kappa shape index (κ2) is 5.21. The fourth-order valence-corrected chi connectivity index (χ4v) is 2.02. The molecule has 0 unspecified atom stereocenters. The van der Waals surface area contributed by atoms with Crippen LogP contribution in [0.3, 0.4) is 0 Å². The van der Waals surface area contributed by atoms with E-state index in [1.807, 2.05) is 13.0 Å². The Hall–Kier alpha value is -1.51. The zero-order valence-electron chi connectivity index (χ0n) is 10.2. The zero-order valence-corrected chi connectivity index (χ0v) is 10.2. The first-order valence-electron chi connectivity index (χ1n) is 6.24.